The molecule has 0 fully saturated rings. The maximum absolute atomic E-state index is 12.0. The zero-order valence-electron chi connectivity index (χ0n) is 11.9. The first-order valence-corrected chi connectivity index (χ1v) is 7.31. The highest BCUT2D eigenvalue weighted by Crippen LogP contribution is 2.30. The number of esters is 1. The number of halogens is 1. The predicted molar refractivity (Wildman–Crippen MR) is 85.8 cm³/mol. The molecule has 0 aromatic heterocycles. The molecule has 0 saturated heterocycles. The largest absolute Gasteiger partial charge is 0.462 e. The molecule has 2 rings (SSSR count). The smallest absolute Gasteiger partial charge is 0.342 e. The van der Waals surface area contributed by atoms with Crippen LogP contribution < -0.4 is 10.5 Å². The maximum atomic E-state index is 12.0. The number of ether oxygens (including phenoxy) is 2. The third-order valence-corrected chi connectivity index (χ3v) is 3.75. The van der Waals surface area contributed by atoms with Gasteiger partial charge in [-0.1, -0.05) is 15.9 Å². The van der Waals surface area contributed by atoms with E-state index in [0.29, 0.717) is 29.4 Å². The molecule has 0 aliphatic heterocycles. The van der Waals surface area contributed by atoms with Crippen molar-refractivity contribution in [1.82, 2.24) is 0 Å². The number of nitrogens with two attached hydrogens (primary N) is 1. The van der Waals surface area contributed by atoms with Gasteiger partial charge in [-0.15, -0.1) is 0 Å². The average molecular weight is 350 g/mol. The van der Waals surface area contributed by atoms with Crippen molar-refractivity contribution in [2.24, 2.45) is 0 Å². The van der Waals surface area contributed by atoms with Crippen LogP contribution in [-0.4, -0.2) is 12.6 Å². The van der Waals surface area contributed by atoms with Gasteiger partial charge in [0.25, 0.3) is 0 Å². The third-order valence-electron chi connectivity index (χ3n) is 2.86. The molecule has 0 amide bonds. The van der Waals surface area contributed by atoms with E-state index in [2.05, 4.69) is 15.9 Å². The number of hydrogen-bond donors (Lipinski definition) is 1. The van der Waals surface area contributed by atoms with Gasteiger partial charge in [-0.05, 0) is 55.8 Å². The standard InChI is InChI=1S/C16H16BrNO3/c1-3-20-16(19)13-9-11(18)4-7-15(13)21-12-5-6-14(17)10(2)8-12/h4-9H,3,18H2,1-2H3. The van der Waals surface area contributed by atoms with Gasteiger partial charge in [-0.25, -0.2) is 4.79 Å². The van der Waals surface area contributed by atoms with Crippen LogP contribution in [0.25, 0.3) is 0 Å². The lowest BCUT2D eigenvalue weighted by molar-refractivity contribution is 0.0523. The molecular weight excluding hydrogens is 334 g/mol. The number of nitrogen functional groups attached to an aromatic ring is 1. The van der Waals surface area contributed by atoms with Crippen LogP contribution in [0.3, 0.4) is 0 Å². The Morgan fingerprint density at radius 1 is 1.24 bits per heavy atom. The van der Waals surface area contributed by atoms with Gasteiger partial charge in [0.15, 0.2) is 0 Å². The van der Waals surface area contributed by atoms with Crippen molar-refractivity contribution in [3.63, 3.8) is 0 Å². The Balaban J connectivity index is 2.34. The fraction of sp³-hybridized carbons (Fsp3) is 0.188. The summed E-state index contributed by atoms with van der Waals surface area (Å²) in [4.78, 5) is 12.0. The van der Waals surface area contributed by atoms with Gasteiger partial charge in [0.1, 0.15) is 17.1 Å². The second kappa shape index (κ2) is 6.63. The minimum absolute atomic E-state index is 0.296. The number of rotatable bonds is 4. The van der Waals surface area contributed by atoms with Gasteiger partial charge < -0.3 is 15.2 Å². The summed E-state index contributed by atoms with van der Waals surface area (Å²) >= 11 is 3.44. The number of carbonyl (C=O) groups is 1. The minimum atomic E-state index is -0.450. The Hall–Kier alpha value is -2.01. The quantitative estimate of drug-likeness (QED) is 0.659. The molecule has 0 bridgehead atoms. The molecule has 0 heterocycles. The van der Waals surface area contributed by atoms with Crippen LogP contribution in [0.2, 0.25) is 0 Å². The van der Waals surface area contributed by atoms with E-state index in [1.807, 2.05) is 25.1 Å². The Bertz CT molecular complexity index is 671. The zero-order chi connectivity index (χ0) is 15.4. The lowest BCUT2D eigenvalue weighted by Crippen LogP contribution is -2.07. The summed E-state index contributed by atoms with van der Waals surface area (Å²) in [7, 11) is 0. The first-order valence-electron chi connectivity index (χ1n) is 6.52. The summed E-state index contributed by atoms with van der Waals surface area (Å²) in [5, 5.41) is 0. The summed E-state index contributed by atoms with van der Waals surface area (Å²) < 4.78 is 11.8. The molecule has 0 saturated carbocycles. The van der Waals surface area contributed by atoms with Crippen LogP contribution in [0, 0.1) is 6.92 Å². The second-order valence-electron chi connectivity index (χ2n) is 4.49. The van der Waals surface area contributed by atoms with Gasteiger partial charge in [-0.2, -0.15) is 0 Å². The zero-order valence-corrected chi connectivity index (χ0v) is 13.4. The first-order chi connectivity index (χ1) is 10.0. The molecule has 2 aromatic rings. The molecular formula is C16H16BrNO3. The van der Waals surface area contributed by atoms with Crippen molar-refractivity contribution >= 4 is 27.6 Å². The van der Waals surface area contributed by atoms with Crippen molar-refractivity contribution in [2.75, 3.05) is 12.3 Å². The Morgan fingerprint density at radius 2 is 2.00 bits per heavy atom. The molecule has 0 unspecified atom stereocenters. The summed E-state index contributed by atoms with van der Waals surface area (Å²) in [6, 6.07) is 10.5. The van der Waals surface area contributed by atoms with E-state index < -0.39 is 5.97 Å². The second-order valence-corrected chi connectivity index (χ2v) is 5.34. The van der Waals surface area contributed by atoms with Crippen LogP contribution in [0.15, 0.2) is 40.9 Å². The molecule has 2 N–H and O–H groups in total. The molecule has 4 nitrogen and oxygen atoms in total. The molecule has 0 aliphatic rings. The Morgan fingerprint density at radius 3 is 2.67 bits per heavy atom. The maximum Gasteiger partial charge on any atom is 0.342 e. The molecule has 0 radical (unpaired) electrons. The van der Waals surface area contributed by atoms with Crippen molar-refractivity contribution < 1.29 is 14.3 Å². The Kier molecular flexibility index (Phi) is 4.85. The molecule has 110 valence electrons. The van der Waals surface area contributed by atoms with Crippen LogP contribution >= 0.6 is 15.9 Å². The topological polar surface area (TPSA) is 61.5 Å². The van der Waals surface area contributed by atoms with Crippen LogP contribution in [0.5, 0.6) is 11.5 Å². The van der Waals surface area contributed by atoms with Gasteiger partial charge in [0.2, 0.25) is 0 Å². The third kappa shape index (κ3) is 3.76. The highest BCUT2D eigenvalue weighted by Gasteiger charge is 2.15. The van der Waals surface area contributed by atoms with Crippen molar-refractivity contribution in [2.45, 2.75) is 13.8 Å². The number of hydrogen-bond acceptors (Lipinski definition) is 4. The molecule has 0 atom stereocenters. The van der Waals surface area contributed by atoms with Gasteiger partial charge in [0.05, 0.1) is 6.61 Å². The van der Waals surface area contributed by atoms with Crippen LogP contribution in [-0.2, 0) is 4.74 Å². The van der Waals surface area contributed by atoms with Gasteiger partial charge in [0, 0.05) is 10.2 Å². The lowest BCUT2D eigenvalue weighted by atomic mass is 10.1. The Labute approximate surface area is 132 Å². The summed E-state index contributed by atoms with van der Waals surface area (Å²) in [5.74, 6) is 0.615. The average Bonchev–Trinajstić information content (AvgIpc) is 2.45. The predicted octanol–water partition coefficient (Wildman–Crippen LogP) is 4.31. The minimum Gasteiger partial charge on any atom is -0.462 e. The van der Waals surface area contributed by atoms with E-state index >= 15 is 0 Å². The number of benzene rings is 2. The van der Waals surface area contributed by atoms with Crippen LogP contribution in [0.4, 0.5) is 5.69 Å². The fourth-order valence-electron chi connectivity index (χ4n) is 1.81. The number of carbonyl (C=O) groups excluding carboxylic acids is 1. The molecule has 2 aromatic carbocycles. The van der Waals surface area contributed by atoms with Gasteiger partial charge >= 0.3 is 5.97 Å². The number of anilines is 1. The van der Waals surface area contributed by atoms with Crippen molar-refractivity contribution in [3.8, 4) is 11.5 Å². The molecule has 21 heavy (non-hydrogen) atoms. The summed E-state index contributed by atoms with van der Waals surface area (Å²) in [6.07, 6.45) is 0. The summed E-state index contributed by atoms with van der Waals surface area (Å²) in [6.45, 7) is 4.01. The van der Waals surface area contributed by atoms with Crippen LogP contribution in [0.1, 0.15) is 22.8 Å². The van der Waals surface area contributed by atoms with Crippen molar-refractivity contribution in [1.29, 1.82) is 0 Å². The highest BCUT2D eigenvalue weighted by molar-refractivity contribution is 9.10. The van der Waals surface area contributed by atoms with Gasteiger partial charge in [-0.3, -0.25) is 0 Å². The highest BCUT2D eigenvalue weighted by atomic mass is 79.9. The normalized spacial score (nSPS) is 10.2. The van der Waals surface area contributed by atoms with E-state index in [1.54, 1.807) is 25.1 Å². The van der Waals surface area contributed by atoms with E-state index in [4.69, 9.17) is 15.2 Å². The van der Waals surface area contributed by atoms with E-state index in [-0.39, 0.29) is 0 Å². The molecule has 0 spiro atoms. The summed E-state index contributed by atoms with van der Waals surface area (Å²) in [5.41, 5.74) is 7.57. The van der Waals surface area contributed by atoms with E-state index in [9.17, 15) is 4.79 Å². The SMILES string of the molecule is CCOC(=O)c1cc(N)ccc1Oc1ccc(Br)c(C)c1. The van der Waals surface area contributed by atoms with E-state index in [0.717, 1.165) is 10.0 Å². The monoisotopic (exact) mass is 349 g/mol. The van der Waals surface area contributed by atoms with E-state index in [1.165, 1.54) is 0 Å². The van der Waals surface area contributed by atoms with Crippen molar-refractivity contribution in [3.05, 3.63) is 52.0 Å². The first kappa shape index (κ1) is 15.4. The number of aryl methyl sites for hydroxylation is 1. The molecule has 5 heteroatoms. The molecule has 0 aliphatic carbocycles. The lowest BCUT2D eigenvalue weighted by Gasteiger charge is -2.12. The fourth-order valence-corrected chi connectivity index (χ4v) is 2.06.